The number of anilines is 1. The van der Waals surface area contributed by atoms with Crippen LogP contribution in [0.15, 0.2) is 18.2 Å². The van der Waals surface area contributed by atoms with Crippen molar-refractivity contribution < 1.29 is 9.53 Å². The third-order valence-electron chi connectivity index (χ3n) is 5.03. The Morgan fingerprint density at radius 3 is 2.75 bits per heavy atom. The minimum atomic E-state index is -0.815. The second-order valence-electron chi connectivity index (χ2n) is 6.70. The van der Waals surface area contributed by atoms with Crippen LogP contribution >= 0.6 is 11.8 Å². The zero-order valence-electron chi connectivity index (χ0n) is 14.3. The van der Waals surface area contributed by atoms with E-state index in [0.29, 0.717) is 26.1 Å². The zero-order valence-corrected chi connectivity index (χ0v) is 15.2. The average Bonchev–Trinajstić information content (AvgIpc) is 2.60. The maximum absolute atomic E-state index is 12.6. The van der Waals surface area contributed by atoms with E-state index in [0.717, 1.165) is 30.9 Å². The van der Waals surface area contributed by atoms with Crippen molar-refractivity contribution in [2.24, 2.45) is 5.73 Å². The molecule has 0 unspecified atom stereocenters. The summed E-state index contributed by atoms with van der Waals surface area (Å²) in [5.74, 6) is 2.31. The summed E-state index contributed by atoms with van der Waals surface area (Å²) in [6.07, 6.45) is 1.14. The Hall–Kier alpha value is -1.08. The molecule has 2 heterocycles. The minimum Gasteiger partial charge on any atom is -0.381 e. The Morgan fingerprint density at radius 2 is 2.04 bits per heavy atom. The molecule has 0 atom stereocenters. The van der Waals surface area contributed by atoms with Crippen LogP contribution in [0.5, 0.6) is 0 Å². The highest BCUT2D eigenvalue weighted by Gasteiger charge is 2.36. The Balaban J connectivity index is 1.69. The molecule has 0 saturated carbocycles. The highest BCUT2D eigenvalue weighted by molar-refractivity contribution is 7.99. The van der Waals surface area contributed by atoms with Gasteiger partial charge in [-0.3, -0.25) is 9.69 Å². The number of thioether (sulfide) groups is 1. The Kier molecular flexibility index (Phi) is 5.81. The Bertz CT molecular complexity index is 582. The molecule has 5 nitrogen and oxygen atoms in total. The van der Waals surface area contributed by atoms with E-state index in [2.05, 4.69) is 23.2 Å². The van der Waals surface area contributed by atoms with E-state index in [-0.39, 0.29) is 5.91 Å². The van der Waals surface area contributed by atoms with Crippen molar-refractivity contribution in [3.8, 4) is 0 Å². The van der Waals surface area contributed by atoms with Crippen LogP contribution in [0, 0.1) is 6.92 Å². The number of carbonyl (C=O) groups excluding carboxylic acids is 1. The van der Waals surface area contributed by atoms with Crippen LogP contribution in [0.4, 0.5) is 5.69 Å². The van der Waals surface area contributed by atoms with Crippen molar-refractivity contribution in [3.63, 3.8) is 0 Å². The average molecular weight is 350 g/mol. The monoisotopic (exact) mass is 349 g/mol. The molecule has 2 aliphatic heterocycles. The molecule has 0 aliphatic carbocycles. The van der Waals surface area contributed by atoms with Crippen LogP contribution in [0.25, 0.3) is 0 Å². The Morgan fingerprint density at radius 1 is 1.33 bits per heavy atom. The van der Waals surface area contributed by atoms with Gasteiger partial charge in [0.15, 0.2) is 0 Å². The number of hydrogen-bond donors (Lipinski definition) is 2. The molecule has 1 amide bonds. The van der Waals surface area contributed by atoms with Gasteiger partial charge >= 0.3 is 0 Å². The molecule has 6 heteroatoms. The van der Waals surface area contributed by atoms with E-state index in [4.69, 9.17) is 10.5 Å². The van der Waals surface area contributed by atoms with E-state index in [1.54, 1.807) is 0 Å². The molecule has 0 bridgehead atoms. The number of nitrogens with one attached hydrogen (secondary N) is 1. The maximum Gasteiger partial charge on any atom is 0.244 e. The van der Waals surface area contributed by atoms with Gasteiger partial charge in [-0.1, -0.05) is 12.1 Å². The van der Waals surface area contributed by atoms with E-state index in [9.17, 15) is 4.79 Å². The van der Waals surface area contributed by atoms with E-state index in [1.165, 1.54) is 17.1 Å². The normalized spacial score (nSPS) is 21.4. The first-order chi connectivity index (χ1) is 11.6. The van der Waals surface area contributed by atoms with E-state index >= 15 is 0 Å². The fraction of sp³-hybridized carbons (Fsp3) is 0.611. The van der Waals surface area contributed by atoms with Crippen LogP contribution in [-0.2, 0) is 16.1 Å². The summed E-state index contributed by atoms with van der Waals surface area (Å²) >= 11 is 2.02. The predicted molar refractivity (Wildman–Crippen MR) is 99.4 cm³/mol. The lowest BCUT2D eigenvalue weighted by Crippen LogP contribution is -2.54. The summed E-state index contributed by atoms with van der Waals surface area (Å²) in [6.45, 7) is 6.39. The third-order valence-corrected chi connectivity index (χ3v) is 5.97. The lowest BCUT2D eigenvalue weighted by molar-refractivity contribution is -0.124. The summed E-state index contributed by atoms with van der Waals surface area (Å²) < 4.78 is 5.33. The van der Waals surface area contributed by atoms with E-state index < -0.39 is 5.54 Å². The second kappa shape index (κ2) is 7.87. The number of benzene rings is 1. The van der Waals surface area contributed by atoms with Crippen molar-refractivity contribution in [1.29, 1.82) is 0 Å². The summed E-state index contributed by atoms with van der Waals surface area (Å²) in [7, 11) is 0. The molecule has 2 aliphatic rings. The molecular weight excluding hydrogens is 322 g/mol. The number of nitrogens with zero attached hydrogens (tertiary/aromatic N) is 1. The first kappa shape index (κ1) is 17.7. The zero-order chi connectivity index (χ0) is 17.0. The van der Waals surface area contributed by atoms with Gasteiger partial charge < -0.3 is 15.8 Å². The molecule has 3 rings (SSSR count). The van der Waals surface area contributed by atoms with Crippen molar-refractivity contribution >= 4 is 23.4 Å². The van der Waals surface area contributed by atoms with Crippen LogP contribution in [0.3, 0.4) is 0 Å². The van der Waals surface area contributed by atoms with Crippen molar-refractivity contribution in [3.05, 3.63) is 29.3 Å². The van der Waals surface area contributed by atoms with Gasteiger partial charge in [-0.25, -0.2) is 0 Å². The Labute approximate surface area is 148 Å². The number of amides is 1. The van der Waals surface area contributed by atoms with Crippen LogP contribution in [0.1, 0.15) is 24.0 Å². The SMILES string of the molecule is Cc1c(CN2CCSCC2)cccc1NC(=O)C1(N)CCOCC1. The predicted octanol–water partition coefficient (Wildman–Crippen LogP) is 1.99. The summed E-state index contributed by atoms with van der Waals surface area (Å²) in [5, 5.41) is 3.06. The largest absolute Gasteiger partial charge is 0.381 e. The van der Waals surface area contributed by atoms with Gasteiger partial charge in [-0.2, -0.15) is 11.8 Å². The van der Waals surface area contributed by atoms with Gasteiger partial charge in [0.1, 0.15) is 5.54 Å². The van der Waals surface area contributed by atoms with Crippen LogP contribution < -0.4 is 11.1 Å². The molecule has 0 radical (unpaired) electrons. The highest BCUT2D eigenvalue weighted by atomic mass is 32.2. The first-order valence-corrected chi connectivity index (χ1v) is 9.81. The second-order valence-corrected chi connectivity index (χ2v) is 7.93. The van der Waals surface area contributed by atoms with Gasteiger partial charge in [0.2, 0.25) is 5.91 Å². The van der Waals surface area contributed by atoms with Crippen molar-refractivity contribution in [2.45, 2.75) is 31.8 Å². The van der Waals surface area contributed by atoms with Gasteiger partial charge in [0, 0.05) is 50.0 Å². The molecule has 3 N–H and O–H groups in total. The molecule has 24 heavy (non-hydrogen) atoms. The molecular formula is C18H27N3O2S. The van der Waals surface area contributed by atoms with Gasteiger partial charge in [-0.05, 0) is 37.0 Å². The molecule has 132 valence electrons. The third kappa shape index (κ3) is 4.11. The molecule has 1 aromatic rings. The fourth-order valence-electron chi connectivity index (χ4n) is 3.20. The molecule has 0 aromatic heterocycles. The number of carbonyl (C=O) groups is 1. The topological polar surface area (TPSA) is 67.6 Å². The summed E-state index contributed by atoms with van der Waals surface area (Å²) in [4.78, 5) is 15.1. The fourth-order valence-corrected chi connectivity index (χ4v) is 4.18. The molecule has 2 fully saturated rings. The molecule has 0 spiro atoms. The van der Waals surface area contributed by atoms with Crippen molar-refractivity contribution in [2.75, 3.05) is 43.1 Å². The highest BCUT2D eigenvalue weighted by Crippen LogP contribution is 2.25. The lowest BCUT2D eigenvalue weighted by Gasteiger charge is -2.32. The van der Waals surface area contributed by atoms with Crippen LogP contribution in [-0.4, -0.2) is 54.2 Å². The quantitative estimate of drug-likeness (QED) is 0.870. The van der Waals surface area contributed by atoms with Gasteiger partial charge in [0.05, 0.1) is 0 Å². The molecule has 1 aromatic carbocycles. The summed E-state index contributed by atoms with van der Waals surface area (Å²) in [6, 6.07) is 6.13. The summed E-state index contributed by atoms with van der Waals surface area (Å²) in [5.41, 5.74) is 8.76. The lowest BCUT2D eigenvalue weighted by atomic mass is 9.90. The smallest absolute Gasteiger partial charge is 0.244 e. The number of rotatable bonds is 4. The van der Waals surface area contributed by atoms with Crippen LogP contribution in [0.2, 0.25) is 0 Å². The van der Waals surface area contributed by atoms with Crippen molar-refractivity contribution in [1.82, 2.24) is 4.90 Å². The number of nitrogens with two attached hydrogens (primary N) is 1. The first-order valence-electron chi connectivity index (χ1n) is 8.65. The maximum atomic E-state index is 12.6. The standard InChI is InChI=1S/C18H27N3O2S/c1-14-15(13-21-7-11-24-12-8-21)3-2-4-16(14)20-17(22)18(19)5-9-23-10-6-18/h2-4H,5-13,19H2,1H3,(H,20,22). The van der Waals surface area contributed by atoms with Gasteiger partial charge in [-0.15, -0.1) is 0 Å². The number of hydrogen-bond acceptors (Lipinski definition) is 5. The van der Waals surface area contributed by atoms with E-state index in [1.807, 2.05) is 23.9 Å². The minimum absolute atomic E-state index is 0.0968. The molecule has 2 saturated heterocycles. The van der Waals surface area contributed by atoms with Gasteiger partial charge in [0.25, 0.3) is 0 Å². The number of ether oxygens (including phenoxy) is 1.